The number of alkyl halides is 1. The summed E-state index contributed by atoms with van der Waals surface area (Å²) in [5, 5.41) is 4.79. The molecular weight excluding hydrogens is 295 g/mol. The minimum Gasteiger partial charge on any atom is -0.338 e. The molecule has 20 heavy (non-hydrogen) atoms. The first kappa shape index (κ1) is 13.7. The normalized spacial score (nSPS) is 22.1. The summed E-state index contributed by atoms with van der Waals surface area (Å²) in [6.07, 6.45) is 3.18. The van der Waals surface area contributed by atoms with Gasteiger partial charge in [-0.1, -0.05) is 41.9 Å². The van der Waals surface area contributed by atoms with Crippen molar-refractivity contribution < 1.29 is 4.52 Å². The number of rotatable bonds is 3. The number of hydrogen-bond acceptors (Lipinski definition) is 3. The maximum atomic E-state index is 5.93. The molecule has 2 aromatic rings. The van der Waals surface area contributed by atoms with E-state index in [9.17, 15) is 0 Å². The van der Waals surface area contributed by atoms with Gasteiger partial charge in [0, 0.05) is 10.9 Å². The summed E-state index contributed by atoms with van der Waals surface area (Å²) in [4.78, 5) is 4.34. The van der Waals surface area contributed by atoms with Gasteiger partial charge >= 0.3 is 0 Å². The molecule has 3 nitrogen and oxygen atoms in total. The second-order valence-electron chi connectivity index (χ2n) is 5.05. The molecule has 0 fully saturated rings. The average Bonchev–Trinajstić information content (AvgIpc) is 3.05. The molecule has 0 amide bonds. The minimum absolute atomic E-state index is 0.251. The monoisotopic (exact) mass is 308 g/mol. The summed E-state index contributed by atoms with van der Waals surface area (Å²) in [6, 6.07) is 7.92. The fourth-order valence-corrected chi connectivity index (χ4v) is 2.84. The van der Waals surface area contributed by atoms with Crippen molar-refractivity contribution in [3.63, 3.8) is 0 Å². The van der Waals surface area contributed by atoms with Crippen LogP contribution >= 0.6 is 23.2 Å². The molecule has 104 valence electrons. The van der Waals surface area contributed by atoms with E-state index in [0.29, 0.717) is 11.8 Å². The third-order valence-electron chi connectivity index (χ3n) is 3.68. The molecule has 1 aromatic carbocycles. The first-order valence-electron chi connectivity index (χ1n) is 6.52. The van der Waals surface area contributed by atoms with Crippen molar-refractivity contribution in [3.8, 4) is 0 Å². The van der Waals surface area contributed by atoms with Crippen molar-refractivity contribution >= 4 is 28.8 Å². The standard InChI is InChI=1S/C15H14Cl2N2O/c1-9-6-11(10-2-4-12(17)5-3-10)7-13(9)15-18-14(8-16)20-19-15/h2-6,9,13H,7-8H2,1H3/t9-,13+/m1/s1. The van der Waals surface area contributed by atoms with Crippen LogP contribution < -0.4 is 0 Å². The van der Waals surface area contributed by atoms with Gasteiger partial charge in [0.25, 0.3) is 0 Å². The Hall–Kier alpha value is -1.32. The predicted octanol–water partition coefficient (Wildman–Crippen LogP) is 4.67. The van der Waals surface area contributed by atoms with Gasteiger partial charge in [0.1, 0.15) is 5.88 Å². The van der Waals surface area contributed by atoms with Gasteiger partial charge in [-0.3, -0.25) is 0 Å². The first-order valence-corrected chi connectivity index (χ1v) is 7.43. The second kappa shape index (κ2) is 5.58. The third-order valence-corrected chi connectivity index (χ3v) is 4.16. The lowest BCUT2D eigenvalue weighted by molar-refractivity contribution is 0.376. The number of nitrogens with zero attached hydrogens (tertiary/aromatic N) is 2. The van der Waals surface area contributed by atoms with Crippen molar-refractivity contribution in [1.82, 2.24) is 10.1 Å². The fourth-order valence-electron chi connectivity index (χ4n) is 2.60. The molecule has 1 aromatic heterocycles. The Bertz CT molecular complexity index is 634. The number of benzene rings is 1. The van der Waals surface area contributed by atoms with Crippen LogP contribution in [0.2, 0.25) is 5.02 Å². The van der Waals surface area contributed by atoms with Crippen LogP contribution in [0.5, 0.6) is 0 Å². The SMILES string of the molecule is C[C@@H]1C=C(c2ccc(Cl)cc2)C[C@@H]1c1noc(CCl)n1. The van der Waals surface area contributed by atoms with Crippen molar-refractivity contribution in [2.24, 2.45) is 5.92 Å². The highest BCUT2D eigenvalue weighted by Crippen LogP contribution is 2.41. The van der Waals surface area contributed by atoms with Gasteiger partial charge in [0.05, 0.1) is 0 Å². The van der Waals surface area contributed by atoms with Crippen molar-refractivity contribution in [1.29, 1.82) is 0 Å². The maximum absolute atomic E-state index is 5.93. The molecule has 0 bridgehead atoms. The third kappa shape index (κ3) is 2.60. The number of hydrogen-bond donors (Lipinski definition) is 0. The van der Waals surface area contributed by atoms with E-state index in [1.165, 1.54) is 11.1 Å². The van der Waals surface area contributed by atoms with Crippen molar-refractivity contribution in [2.75, 3.05) is 0 Å². The molecule has 0 saturated carbocycles. The van der Waals surface area contributed by atoms with Gasteiger partial charge in [0.2, 0.25) is 5.89 Å². The minimum atomic E-state index is 0.251. The number of halogens is 2. The zero-order chi connectivity index (χ0) is 14.1. The Morgan fingerprint density at radius 3 is 2.70 bits per heavy atom. The predicted molar refractivity (Wildman–Crippen MR) is 79.8 cm³/mol. The van der Waals surface area contributed by atoms with Gasteiger partial charge in [-0.2, -0.15) is 4.98 Å². The van der Waals surface area contributed by atoms with Gasteiger partial charge in [-0.25, -0.2) is 0 Å². The molecule has 0 unspecified atom stereocenters. The highest BCUT2D eigenvalue weighted by atomic mass is 35.5. The summed E-state index contributed by atoms with van der Waals surface area (Å²) in [7, 11) is 0. The largest absolute Gasteiger partial charge is 0.338 e. The molecule has 0 N–H and O–H groups in total. The molecule has 1 aliphatic carbocycles. The molecule has 0 radical (unpaired) electrons. The highest BCUT2D eigenvalue weighted by Gasteiger charge is 2.30. The van der Waals surface area contributed by atoms with Gasteiger partial charge in [0.15, 0.2) is 5.82 Å². The van der Waals surface area contributed by atoms with E-state index < -0.39 is 0 Å². The second-order valence-corrected chi connectivity index (χ2v) is 5.75. The summed E-state index contributed by atoms with van der Waals surface area (Å²) in [5.41, 5.74) is 2.50. The summed E-state index contributed by atoms with van der Waals surface area (Å²) < 4.78 is 5.10. The molecule has 1 heterocycles. The molecule has 2 atom stereocenters. The van der Waals surface area contributed by atoms with Crippen LogP contribution in [0.1, 0.15) is 36.5 Å². The number of allylic oxidation sites excluding steroid dienone is 2. The summed E-state index contributed by atoms with van der Waals surface area (Å²) in [6.45, 7) is 2.17. The molecular formula is C15H14Cl2N2O. The van der Waals surface area contributed by atoms with E-state index in [1.807, 2.05) is 24.3 Å². The lowest BCUT2D eigenvalue weighted by Crippen LogP contribution is -2.04. The van der Waals surface area contributed by atoms with E-state index in [2.05, 4.69) is 23.1 Å². The van der Waals surface area contributed by atoms with Crippen LogP contribution in [-0.2, 0) is 5.88 Å². The van der Waals surface area contributed by atoms with Crippen LogP contribution in [0.4, 0.5) is 0 Å². The van der Waals surface area contributed by atoms with Crippen LogP contribution in [0.25, 0.3) is 5.57 Å². The van der Waals surface area contributed by atoms with Crippen LogP contribution in [0, 0.1) is 5.92 Å². The summed E-state index contributed by atoms with van der Waals surface area (Å²) >= 11 is 11.6. The zero-order valence-electron chi connectivity index (χ0n) is 11.0. The van der Waals surface area contributed by atoms with Crippen LogP contribution in [0.15, 0.2) is 34.9 Å². The van der Waals surface area contributed by atoms with Gasteiger partial charge in [-0.15, -0.1) is 11.6 Å². The Balaban J connectivity index is 1.81. The smallest absolute Gasteiger partial charge is 0.241 e. The first-order chi connectivity index (χ1) is 9.67. The van der Waals surface area contributed by atoms with E-state index in [0.717, 1.165) is 17.3 Å². The number of aromatic nitrogens is 2. The topological polar surface area (TPSA) is 38.9 Å². The average molecular weight is 309 g/mol. The maximum Gasteiger partial charge on any atom is 0.241 e. The van der Waals surface area contributed by atoms with E-state index in [1.54, 1.807) is 0 Å². The molecule has 5 heteroatoms. The van der Waals surface area contributed by atoms with Crippen LogP contribution in [-0.4, -0.2) is 10.1 Å². The Morgan fingerprint density at radius 1 is 1.30 bits per heavy atom. The van der Waals surface area contributed by atoms with E-state index in [-0.39, 0.29) is 11.8 Å². The summed E-state index contributed by atoms with van der Waals surface area (Å²) in [5.74, 6) is 2.11. The van der Waals surface area contributed by atoms with E-state index in [4.69, 9.17) is 27.7 Å². The highest BCUT2D eigenvalue weighted by molar-refractivity contribution is 6.30. The van der Waals surface area contributed by atoms with Gasteiger partial charge < -0.3 is 4.52 Å². The fraction of sp³-hybridized carbons (Fsp3) is 0.333. The molecule has 0 aliphatic heterocycles. The van der Waals surface area contributed by atoms with Gasteiger partial charge in [-0.05, 0) is 35.6 Å². The van der Waals surface area contributed by atoms with E-state index >= 15 is 0 Å². The molecule has 1 aliphatic rings. The lowest BCUT2D eigenvalue weighted by Gasteiger charge is -2.10. The van der Waals surface area contributed by atoms with Crippen LogP contribution in [0.3, 0.4) is 0 Å². The van der Waals surface area contributed by atoms with Crippen molar-refractivity contribution in [2.45, 2.75) is 25.1 Å². The Morgan fingerprint density at radius 2 is 2.05 bits per heavy atom. The zero-order valence-corrected chi connectivity index (χ0v) is 12.5. The molecule has 3 rings (SSSR count). The lowest BCUT2D eigenvalue weighted by atomic mass is 9.95. The quantitative estimate of drug-likeness (QED) is 0.773. The van der Waals surface area contributed by atoms with Crippen molar-refractivity contribution in [3.05, 3.63) is 52.6 Å². The molecule has 0 spiro atoms. The molecule has 0 saturated heterocycles. The Kier molecular flexibility index (Phi) is 3.81. The Labute approximate surface area is 127 Å².